The van der Waals surface area contributed by atoms with Crippen molar-refractivity contribution < 1.29 is 18.3 Å². The Morgan fingerprint density at radius 3 is 2.58 bits per heavy atom. The fraction of sp³-hybridized carbons (Fsp3) is 0.417. The Morgan fingerprint density at radius 1 is 1.32 bits per heavy atom. The molecule has 0 spiro atoms. The monoisotopic (exact) mass is 286 g/mol. The summed E-state index contributed by atoms with van der Waals surface area (Å²) in [5, 5.41) is 12.1. The molecule has 6 nitrogen and oxygen atoms in total. The van der Waals surface area contributed by atoms with Crippen molar-refractivity contribution >= 4 is 21.7 Å². The summed E-state index contributed by atoms with van der Waals surface area (Å²) in [5.74, 6) is -0.986. The van der Waals surface area contributed by atoms with Crippen LogP contribution < -0.4 is 10.0 Å². The van der Waals surface area contributed by atoms with Crippen molar-refractivity contribution in [3.05, 3.63) is 29.3 Å². The number of anilines is 1. The molecule has 19 heavy (non-hydrogen) atoms. The van der Waals surface area contributed by atoms with Gasteiger partial charge >= 0.3 is 5.97 Å². The zero-order chi connectivity index (χ0) is 14.5. The Balaban J connectivity index is 2.56. The van der Waals surface area contributed by atoms with E-state index in [0.717, 1.165) is 11.8 Å². The van der Waals surface area contributed by atoms with E-state index < -0.39 is 16.0 Å². The highest BCUT2D eigenvalue weighted by Gasteiger charge is 2.11. The molecule has 0 bridgehead atoms. The standard InChI is InChI=1S/C12H18N2O4S/c1-9-5-3-6-10(12(15)16)11(9)13-7-4-8-14-19(2,17)18/h3,5-6,13-14H,4,7-8H2,1-2H3,(H,15,16). The molecule has 0 amide bonds. The van der Waals surface area contributed by atoms with Crippen molar-refractivity contribution in [3.63, 3.8) is 0 Å². The van der Waals surface area contributed by atoms with Gasteiger partial charge in [-0.25, -0.2) is 17.9 Å². The molecule has 0 aliphatic carbocycles. The number of aromatic carboxylic acids is 1. The van der Waals surface area contributed by atoms with Gasteiger partial charge < -0.3 is 10.4 Å². The van der Waals surface area contributed by atoms with Crippen LogP contribution in [0, 0.1) is 6.92 Å². The summed E-state index contributed by atoms with van der Waals surface area (Å²) in [6.07, 6.45) is 1.67. The molecule has 0 atom stereocenters. The molecular weight excluding hydrogens is 268 g/mol. The summed E-state index contributed by atoms with van der Waals surface area (Å²) in [5.41, 5.74) is 1.64. The fourth-order valence-corrected chi connectivity index (χ4v) is 2.16. The average molecular weight is 286 g/mol. The predicted octanol–water partition coefficient (Wildman–Crippen LogP) is 1.04. The molecule has 7 heteroatoms. The number of carbonyl (C=O) groups is 1. The minimum absolute atomic E-state index is 0.219. The van der Waals surface area contributed by atoms with Gasteiger partial charge in [0.1, 0.15) is 0 Å². The first kappa shape index (κ1) is 15.5. The van der Waals surface area contributed by atoms with E-state index in [0.29, 0.717) is 25.2 Å². The minimum Gasteiger partial charge on any atom is -0.478 e. The van der Waals surface area contributed by atoms with E-state index in [1.165, 1.54) is 6.07 Å². The molecule has 1 aromatic rings. The summed E-state index contributed by atoms with van der Waals surface area (Å²) < 4.78 is 24.1. The molecule has 3 N–H and O–H groups in total. The van der Waals surface area contributed by atoms with Gasteiger partial charge in [0.25, 0.3) is 0 Å². The first-order chi connectivity index (χ1) is 8.81. The van der Waals surface area contributed by atoms with Gasteiger partial charge in [-0.15, -0.1) is 0 Å². The Kier molecular flexibility index (Phi) is 5.31. The topological polar surface area (TPSA) is 95.5 Å². The molecule has 1 aromatic carbocycles. The van der Waals surface area contributed by atoms with Gasteiger partial charge in [0, 0.05) is 13.1 Å². The fourth-order valence-electron chi connectivity index (χ4n) is 1.64. The molecule has 0 saturated heterocycles. The summed E-state index contributed by atoms with van der Waals surface area (Å²) in [6, 6.07) is 5.05. The molecule has 0 heterocycles. The molecule has 0 aliphatic rings. The van der Waals surface area contributed by atoms with E-state index in [2.05, 4.69) is 10.0 Å². The zero-order valence-electron chi connectivity index (χ0n) is 10.9. The van der Waals surface area contributed by atoms with E-state index in [-0.39, 0.29) is 5.56 Å². The van der Waals surface area contributed by atoms with Crippen LogP contribution in [0.25, 0.3) is 0 Å². The minimum atomic E-state index is -3.17. The maximum absolute atomic E-state index is 11.1. The lowest BCUT2D eigenvalue weighted by Gasteiger charge is -2.12. The zero-order valence-corrected chi connectivity index (χ0v) is 11.8. The predicted molar refractivity (Wildman–Crippen MR) is 74.1 cm³/mol. The van der Waals surface area contributed by atoms with Crippen LogP contribution in [0.3, 0.4) is 0 Å². The number of hydrogen-bond donors (Lipinski definition) is 3. The second-order valence-corrected chi connectivity index (χ2v) is 6.08. The summed E-state index contributed by atoms with van der Waals surface area (Å²) in [6.45, 7) is 2.64. The molecule has 0 radical (unpaired) electrons. The Morgan fingerprint density at radius 2 is 2.00 bits per heavy atom. The first-order valence-corrected chi connectivity index (χ1v) is 7.72. The van der Waals surface area contributed by atoms with Crippen LogP contribution in [-0.2, 0) is 10.0 Å². The number of carboxylic acids is 1. The third-order valence-corrected chi connectivity index (χ3v) is 3.25. The van der Waals surface area contributed by atoms with Crippen molar-refractivity contribution in [3.8, 4) is 0 Å². The van der Waals surface area contributed by atoms with Crippen molar-refractivity contribution in [1.82, 2.24) is 4.72 Å². The highest BCUT2D eigenvalue weighted by Crippen LogP contribution is 2.20. The number of aryl methyl sites for hydroxylation is 1. The van der Waals surface area contributed by atoms with Gasteiger partial charge in [-0.1, -0.05) is 12.1 Å². The van der Waals surface area contributed by atoms with Gasteiger partial charge in [-0.2, -0.15) is 0 Å². The van der Waals surface area contributed by atoms with Crippen molar-refractivity contribution in [2.45, 2.75) is 13.3 Å². The number of carboxylic acid groups (broad SMARTS) is 1. The smallest absolute Gasteiger partial charge is 0.337 e. The number of hydrogen-bond acceptors (Lipinski definition) is 4. The SMILES string of the molecule is Cc1cccc(C(=O)O)c1NCCCNS(C)(=O)=O. The second-order valence-electron chi connectivity index (χ2n) is 4.25. The van der Waals surface area contributed by atoms with Crippen LogP contribution in [0.1, 0.15) is 22.3 Å². The maximum atomic E-state index is 11.1. The molecule has 0 saturated carbocycles. The number of rotatable bonds is 7. The van der Waals surface area contributed by atoms with Crippen molar-refractivity contribution in [1.29, 1.82) is 0 Å². The third-order valence-electron chi connectivity index (χ3n) is 2.52. The maximum Gasteiger partial charge on any atom is 0.337 e. The van der Waals surface area contributed by atoms with Crippen LogP contribution >= 0.6 is 0 Å². The lowest BCUT2D eigenvalue weighted by atomic mass is 10.1. The molecule has 0 aromatic heterocycles. The largest absolute Gasteiger partial charge is 0.478 e. The molecular formula is C12H18N2O4S. The number of sulfonamides is 1. The van der Waals surface area contributed by atoms with Gasteiger partial charge in [0.15, 0.2) is 0 Å². The lowest BCUT2D eigenvalue weighted by Crippen LogP contribution is -2.24. The lowest BCUT2D eigenvalue weighted by molar-refractivity contribution is 0.0698. The van der Waals surface area contributed by atoms with Gasteiger partial charge in [0.2, 0.25) is 10.0 Å². The van der Waals surface area contributed by atoms with E-state index in [9.17, 15) is 13.2 Å². The van der Waals surface area contributed by atoms with E-state index in [1.807, 2.05) is 13.0 Å². The Labute approximate surface area is 112 Å². The summed E-state index contributed by atoms with van der Waals surface area (Å²) in [7, 11) is -3.17. The third kappa shape index (κ3) is 5.27. The van der Waals surface area contributed by atoms with E-state index in [4.69, 9.17) is 5.11 Å². The van der Waals surface area contributed by atoms with Gasteiger partial charge in [-0.05, 0) is 25.0 Å². The van der Waals surface area contributed by atoms with Crippen LogP contribution in [0.5, 0.6) is 0 Å². The second kappa shape index (κ2) is 6.53. The Hall–Kier alpha value is -1.60. The van der Waals surface area contributed by atoms with E-state index >= 15 is 0 Å². The number of nitrogens with one attached hydrogen (secondary N) is 2. The highest BCUT2D eigenvalue weighted by atomic mass is 32.2. The van der Waals surface area contributed by atoms with Crippen LogP contribution in [0.2, 0.25) is 0 Å². The van der Waals surface area contributed by atoms with Gasteiger partial charge in [-0.3, -0.25) is 0 Å². The van der Waals surface area contributed by atoms with Crippen LogP contribution in [0.15, 0.2) is 18.2 Å². The molecule has 1 rings (SSSR count). The summed E-state index contributed by atoms with van der Waals surface area (Å²) in [4.78, 5) is 11.1. The normalized spacial score (nSPS) is 11.3. The average Bonchev–Trinajstić information content (AvgIpc) is 2.28. The van der Waals surface area contributed by atoms with Crippen LogP contribution in [-0.4, -0.2) is 38.8 Å². The van der Waals surface area contributed by atoms with Crippen LogP contribution in [0.4, 0.5) is 5.69 Å². The first-order valence-electron chi connectivity index (χ1n) is 5.82. The molecule has 0 unspecified atom stereocenters. The highest BCUT2D eigenvalue weighted by molar-refractivity contribution is 7.88. The van der Waals surface area contributed by atoms with Gasteiger partial charge in [0.05, 0.1) is 17.5 Å². The molecule has 106 valence electrons. The molecule has 0 aliphatic heterocycles. The van der Waals surface area contributed by atoms with Crippen molar-refractivity contribution in [2.75, 3.05) is 24.7 Å². The molecule has 0 fully saturated rings. The van der Waals surface area contributed by atoms with Crippen molar-refractivity contribution in [2.24, 2.45) is 0 Å². The number of benzene rings is 1. The quantitative estimate of drug-likeness (QED) is 0.651. The van der Waals surface area contributed by atoms with E-state index in [1.54, 1.807) is 6.07 Å². The summed E-state index contributed by atoms with van der Waals surface area (Å²) >= 11 is 0. The Bertz CT molecular complexity index is 555. The number of para-hydroxylation sites is 1.